The first-order chi connectivity index (χ1) is 18.1. The summed E-state index contributed by atoms with van der Waals surface area (Å²) in [6, 6.07) is 17.1. The first-order valence-electron chi connectivity index (χ1n) is 13.1. The van der Waals surface area contributed by atoms with Gasteiger partial charge in [-0.2, -0.15) is 0 Å². The van der Waals surface area contributed by atoms with Gasteiger partial charge in [-0.1, -0.05) is 57.2 Å². The number of rotatable bonds is 9. The number of ether oxygens (including phenoxy) is 1. The third kappa shape index (κ3) is 5.10. The third-order valence-electron chi connectivity index (χ3n) is 7.05. The molecule has 0 saturated carbocycles. The predicted molar refractivity (Wildman–Crippen MR) is 151 cm³/mol. The minimum Gasteiger partial charge on any atom is -0.496 e. The van der Waals surface area contributed by atoms with Crippen LogP contribution in [0.3, 0.4) is 0 Å². The van der Waals surface area contributed by atoms with Crippen LogP contribution >= 0.6 is 0 Å². The Kier molecular flexibility index (Phi) is 7.26. The largest absolute Gasteiger partial charge is 0.496 e. The molecule has 3 aromatic rings. The van der Waals surface area contributed by atoms with Crippen molar-refractivity contribution in [1.29, 1.82) is 0 Å². The summed E-state index contributed by atoms with van der Waals surface area (Å²) in [4.78, 5) is 11.7. The van der Waals surface area contributed by atoms with Crippen LogP contribution in [0.1, 0.15) is 55.1 Å². The fraction of sp³-hybridized carbons (Fsp3) is 0.290. The number of benzene rings is 2. The van der Waals surface area contributed by atoms with Gasteiger partial charge < -0.3 is 20.3 Å². The van der Waals surface area contributed by atoms with Crippen molar-refractivity contribution in [2.75, 3.05) is 12.4 Å². The number of nitrogens with one attached hydrogen (secondary N) is 2. The summed E-state index contributed by atoms with van der Waals surface area (Å²) >= 11 is 0. The molecule has 0 amide bonds. The van der Waals surface area contributed by atoms with Crippen LogP contribution in [0.2, 0.25) is 0 Å². The van der Waals surface area contributed by atoms with Gasteiger partial charge >= 0.3 is 0 Å². The summed E-state index contributed by atoms with van der Waals surface area (Å²) < 4.78 is 5.56. The molecule has 0 spiro atoms. The van der Waals surface area contributed by atoms with Gasteiger partial charge in [-0.15, -0.1) is 0 Å². The van der Waals surface area contributed by atoms with Crippen molar-refractivity contribution in [3.63, 3.8) is 0 Å². The van der Waals surface area contributed by atoms with Crippen LogP contribution in [-0.4, -0.2) is 28.1 Å². The molecule has 0 bridgehead atoms. The van der Waals surface area contributed by atoms with Crippen LogP contribution in [0.4, 0.5) is 5.95 Å². The lowest BCUT2D eigenvalue weighted by molar-refractivity contribution is 0.409. The number of anilines is 1. The number of allylic oxidation sites excluding steroid dienone is 2. The molecule has 1 atom stereocenters. The Morgan fingerprint density at radius 3 is 2.51 bits per heavy atom. The molecule has 3 heterocycles. The molecule has 190 valence electrons. The molecule has 1 aromatic heterocycles. The van der Waals surface area contributed by atoms with Crippen LogP contribution in [0.5, 0.6) is 5.75 Å². The molecule has 2 aliphatic heterocycles. The van der Waals surface area contributed by atoms with Gasteiger partial charge in [0.25, 0.3) is 0 Å². The highest BCUT2D eigenvalue weighted by atomic mass is 16.5. The lowest BCUT2D eigenvalue weighted by atomic mass is 10.1. The second-order valence-corrected chi connectivity index (χ2v) is 9.30. The van der Waals surface area contributed by atoms with Crippen LogP contribution in [0.15, 0.2) is 78.7 Å². The van der Waals surface area contributed by atoms with E-state index in [9.17, 15) is 0 Å². The van der Waals surface area contributed by atoms with E-state index in [4.69, 9.17) is 9.72 Å². The smallest absolute Gasteiger partial charge is 0.223 e. The van der Waals surface area contributed by atoms with E-state index in [-0.39, 0.29) is 6.17 Å². The van der Waals surface area contributed by atoms with Gasteiger partial charge in [0.2, 0.25) is 5.95 Å². The summed E-state index contributed by atoms with van der Waals surface area (Å²) in [5.74, 6) is 1.51. The van der Waals surface area contributed by atoms with Crippen LogP contribution < -0.4 is 15.4 Å². The molecule has 0 radical (unpaired) electrons. The number of fused-ring (bicyclic) bond motifs is 1. The summed E-state index contributed by atoms with van der Waals surface area (Å²) in [6.45, 7) is 7.11. The maximum absolute atomic E-state index is 5.56. The monoisotopic (exact) mass is 493 g/mol. The zero-order valence-electron chi connectivity index (χ0n) is 22.1. The van der Waals surface area contributed by atoms with E-state index < -0.39 is 0 Å². The Hall–Kier alpha value is -4.06. The SMILES string of the molecule is CCC1=CC2NC(c3ccc(CC)cc3)=C(c3ccnc(NCc4ccc(CC)c(OC)c4)n3)N2C=C1. The van der Waals surface area contributed by atoms with Crippen molar-refractivity contribution in [2.45, 2.75) is 52.7 Å². The van der Waals surface area contributed by atoms with Crippen LogP contribution in [0, 0.1) is 0 Å². The average Bonchev–Trinajstić information content (AvgIpc) is 3.34. The van der Waals surface area contributed by atoms with Gasteiger partial charge in [-0.25, -0.2) is 9.97 Å². The van der Waals surface area contributed by atoms with Crippen molar-refractivity contribution in [3.8, 4) is 5.75 Å². The number of methoxy groups -OCH3 is 1. The highest BCUT2D eigenvalue weighted by molar-refractivity contribution is 5.91. The quantitative estimate of drug-likeness (QED) is 0.373. The molecule has 1 unspecified atom stereocenters. The van der Waals surface area contributed by atoms with E-state index in [0.717, 1.165) is 53.2 Å². The zero-order valence-corrected chi connectivity index (χ0v) is 22.1. The normalized spacial score (nSPS) is 16.4. The number of aryl methyl sites for hydroxylation is 2. The molecule has 6 heteroatoms. The first-order valence-corrected chi connectivity index (χ1v) is 13.1. The Balaban J connectivity index is 1.46. The standard InChI is InChI=1S/C31H35N5O/c1-5-21-8-12-25(13-9-21)29-30(36-17-15-22(6-2)19-28(36)35-29)26-14-16-32-31(34-26)33-20-23-10-11-24(7-3)27(18-23)37-4/h8-19,28,35H,5-7,20H2,1-4H3,(H,32,33,34). The van der Waals surface area contributed by atoms with Gasteiger partial charge in [0.05, 0.1) is 24.2 Å². The molecular formula is C31H35N5O. The minimum atomic E-state index is 0.0618. The molecular weight excluding hydrogens is 458 g/mol. The first kappa shape index (κ1) is 24.6. The molecule has 6 nitrogen and oxygen atoms in total. The molecule has 0 fully saturated rings. The topological polar surface area (TPSA) is 62.3 Å². The average molecular weight is 494 g/mol. The number of hydrogen-bond donors (Lipinski definition) is 2. The highest BCUT2D eigenvalue weighted by Gasteiger charge is 2.33. The molecule has 37 heavy (non-hydrogen) atoms. The van der Waals surface area contributed by atoms with Crippen LogP contribution in [-0.2, 0) is 19.4 Å². The fourth-order valence-electron chi connectivity index (χ4n) is 4.85. The fourth-order valence-corrected chi connectivity index (χ4v) is 4.85. The molecule has 2 N–H and O–H groups in total. The molecule has 0 saturated heterocycles. The minimum absolute atomic E-state index is 0.0618. The van der Waals surface area contributed by atoms with Gasteiger partial charge in [0.15, 0.2) is 0 Å². The summed E-state index contributed by atoms with van der Waals surface area (Å²) in [7, 11) is 1.72. The third-order valence-corrected chi connectivity index (χ3v) is 7.05. The second kappa shape index (κ2) is 10.9. The van der Waals surface area contributed by atoms with Crippen molar-refractivity contribution in [1.82, 2.24) is 20.2 Å². The number of nitrogens with zero attached hydrogens (tertiary/aromatic N) is 3. The zero-order chi connectivity index (χ0) is 25.8. The van der Waals surface area contributed by atoms with Gasteiger partial charge in [-0.3, -0.25) is 0 Å². The number of hydrogen-bond acceptors (Lipinski definition) is 6. The van der Waals surface area contributed by atoms with E-state index >= 15 is 0 Å². The van der Waals surface area contributed by atoms with Crippen molar-refractivity contribution in [2.24, 2.45) is 0 Å². The van der Waals surface area contributed by atoms with Gasteiger partial charge in [-0.05, 0) is 71.4 Å². The Morgan fingerprint density at radius 2 is 1.78 bits per heavy atom. The molecule has 0 aliphatic carbocycles. The van der Waals surface area contributed by atoms with E-state index in [1.54, 1.807) is 7.11 Å². The summed E-state index contributed by atoms with van der Waals surface area (Å²) in [5.41, 5.74) is 9.13. The number of aromatic nitrogens is 2. The maximum Gasteiger partial charge on any atom is 0.223 e. The lowest BCUT2D eigenvalue weighted by Gasteiger charge is -2.26. The van der Waals surface area contributed by atoms with Crippen molar-refractivity contribution < 1.29 is 4.74 Å². The molecule has 2 aromatic carbocycles. The Morgan fingerprint density at radius 1 is 0.973 bits per heavy atom. The van der Waals surface area contributed by atoms with Gasteiger partial charge in [0.1, 0.15) is 11.9 Å². The van der Waals surface area contributed by atoms with Gasteiger partial charge in [0, 0.05) is 18.9 Å². The Bertz CT molecular complexity index is 1360. The van der Waals surface area contributed by atoms with Crippen molar-refractivity contribution >= 4 is 17.3 Å². The van der Waals surface area contributed by atoms with E-state index in [1.807, 2.05) is 12.3 Å². The Labute approximate surface area is 219 Å². The summed E-state index contributed by atoms with van der Waals surface area (Å²) in [5, 5.41) is 7.15. The second-order valence-electron chi connectivity index (χ2n) is 9.30. The summed E-state index contributed by atoms with van der Waals surface area (Å²) in [6.07, 6.45) is 11.5. The van der Waals surface area contributed by atoms with Crippen LogP contribution in [0.25, 0.3) is 11.4 Å². The lowest BCUT2D eigenvalue weighted by Crippen LogP contribution is -2.33. The van der Waals surface area contributed by atoms with E-state index in [0.29, 0.717) is 12.5 Å². The highest BCUT2D eigenvalue weighted by Crippen LogP contribution is 2.37. The van der Waals surface area contributed by atoms with E-state index in [1.165, 1.54) is 16.7 Å². The molecule has 2 aliphatic rings. The maximum atomic E-state index is 5.56. The van der Waals surface area contributed by atoms with Crippen molar-refractivity contribution in [3.05, 3.63) is 107 Å². The van der Waals surface area contributed by atoms with E-state index in [2.05, 4.69) is 102 Å². The molecule has 5 rings (SSSR count). The predicted octanol–water partition coefficient (Wildman–Crippen LogP) is 6.14.